The molecule has 0 unspecified atom stereocenters. The zero-order chi connectivity index (χ0) is 25.9. The molecule has 5 nitrogen and oxygen atoms in total. The first-order valence-corrected chi connectivity index (χ1v) is 14.6. The van der Waals surface area contributed by atoms with Crippen molar-refractivity contribution < 1.29 is 12.8 Å². The lowest BCUT2D eigenvalue weighted by atomic mass is 9.58. The second-order valence-corrected chi connectivity index (χ2v) is 12.9. The van der Waals surface area contributed by atoms with Crippen LogP contribution in [-0.4, -0.2) is 22.4 Å². The highest BCUT2D eigenvalue weighted by atomic mass is 32.2. The Morgan fingerprint density at radius 2 is 1.65 bits per heavy atom. The van der Waals surface area contributed by atoms with Crippen LogP contribution < -0.4 is 0 Å². The van der Waals surface area contributed by atoms with Gasteiger partial charge in [0.05, 0.1) is 16.8 Å². The van der Waals surface area contributed by atoms with Crippen LogP contribution in [0.3, 0.4) is 0 Å². The molecule has 3 aromatic heterocycles. The SMILES string of the molecule is Cc1ccc(S(=O)(=O)n2cc(-c3cc(C[C@H]4C5CCC(CC5)[C@@H]4C)c(F)cn3)c3cc(C)cnc32)cc1. The Labute approximate surface area is 217 Å². The molecule has 2 atom stereocenters. The van der Waals surface area contributed by atoms with E-state index in [4.69, 9.17) is 0 Å². The highest BCUT2D eigenvalue weighted by molar-refractivity contribution is 7.90. The number of benzene rings is 1. The van der Waals surface area contributed by atoms with E-state index in [9.17, 15) is 8.42 Å². The highest BCUT2D eigenvalue weighted by Gasteiger charge is 2.41. The molecule has 3 fully saturated rings. The number of rotatable bonds is 5. The maximum Gasteiger partial charge on any atom is 0.269 e. The normalized spacial score (nSPS) is 23.6. The molecule has 0 spiro atoms. The van der Waals surface area contributed by atoms with Gasteiger partial charge < -0.3 is 0 Å². The van der Waals surface area contributed by atoms with Gasteiger partial charge in [-0.3, -0.25) is 4.98 Å². The average Bonchev–Trinajstić information content (AvgIpc) is 3.27. The Hall–Kier alpha value is -3.06. The summed E-state index contributed by atoms with van der Waals surface area (Å²) in [6.07, 6.45) is 10.3. The van der Waals surface area contributed by atoms with E-state index < -0.39 is 10.0 Å². The van der Waals surface area contributed by atoms with E-state index in [-0.39, 0.29) is 10.7 Å². The molecule has 192 valence electrons. The van der Waals surface area contributed by atoms with Crippen molar-refractivity contribution in [3.05, 3.63) is 77.5 Å². The van der Waals surface area contributed by atoms with E-state index in [2.05, 4.69) is 16.9 Å². The largest absolute Gasteiger partial charge is 0.269 e. The van der Waals surface area contributed by atoms with Gasteiger partial charge in [0, 0.05) is 23.3 Å². The Morgan fingerprint density at radius 1 is 0.946 bits per heavy atom. The summed E-state index contributed by atoms with van der Waals surface area (Å²) in [5.74, 6) is 2.19. The summed E-state index contributed by atoms with van der Waals surface area (Å²) in [6.45, 7) is 6.17. The van der Waals surface area contributed by atoms with Crippen LogP contribution >= 0.6 is 0 Å². The molecule has 0 radical (unpaired) electrons. The van der Waals surface area contributed by atoms with Crippen molar-refractivity contribution in [3.8, 4) is 11.3 Å². The molecule has 3 saturated carbocycles. The molecule has 0 saturated heterocycles. The summed E-state index contributed by atoms with van der Waals surface area (Å²) in [7, 11) is -3.88. The fraction of sp³-hybridized carbons (Fsp3) is 0.400. The first kappa shape index (κ1) is 24.3. The van der Waals surface area contributed by atoms with Gasteiger partial charge in [0.2, 0.25) is 0 Å². The van der Waals surface area contributed by atoms with E-state index in [1.54, 1.807) is 36.7 Å². The van der Waals surface area contributed by atoms with Crippen molar-refractivity contribution in [2.45, 2.75) is 57.8 Å². The van der Waals surface area contributed by atoms with E-state index in [0.717, 1.165) is 17.0 Å². The van der Waals surface area contributed by atoms with Crippen LogP contribution in [0.5, 0.6) is 0 Å². The lowest BCUT2D eigenvalue weighted by Gasteiger charge is -2.47. The second-order valence-electron chi connectivity index (χ2n) is 11.1. The lowest BCUT2D eigenvalue weighted by Crippen LogP contribution is -2.39. The maximum atomic E-state index is 15.1. The summed E-state index contributed by atoms with van der Waals surface area (Å²) in [4.78, 5) is 9.10. The van der Waals surface area contributed by atoms with E-state index in [1.807, 2.05) is 26.0 Å². The minimum atomic E-state index is -3.88. The van der Waals surface area contributed by atoms with Gasteiger partial charge in [-0.1, -0.05) is 24.6 Å². The summed E-state index contributed by atoms with van der Waals surface area (Å²) in [6, 6.07) is 10.5. The van der Waals surface area contributed by atoms with E-state index in [1.165, 1.54) is 35.9 Å². The van der Waals surface area contributed by atoms with Gasteiger partial charge in [0.25, 0.3) is 10.0 Å². The van der Waals surface area contributed by atoms with Crippen LogP contribution in [0.25, 0.3) is 22.3 Å². The van der Waals surface area contributed by atoms with Crippen LogP contribution in [0.4, 0.5) is 4.39 Å². The Kier molecular flexibility index (Phi) is 5.94. The van der Waals surface area contributed by atoms with Crippen molar-refractivity contribution in [3.63, 3.8) is 0 Å². The predicted octanol–water partition coefficient (Wildman–Crippen LogP) is 6.71. The molecule has 0 amide bonds. The molecule has 4 aromatic rings. The third kappa shape index (κ3) is 4.17. The Morgan fingerprint density at radius 3 is 2.35 bits per heavy atom. The van der Waals surface area contributed by atoms with E-state index in [0.29, 0.717) is 52.0 Å². The van der Waals surface area contributed by atoms with Crippen LogP contribution in [0.15, 0.2) is 59.9 Å². The third-order valence-electron chi connectivity index (χ3n) is 8.83. The van der Waals surface area contributed by atoms with Crippen LogP contribution in [-0.2, 0) is 16.4 Å². The summed E-state index contributed by atoms with van der Waals surface area (Å²) >= 11 is 0. The number of hydrogen-bond donors (Lipinski definition) is 0. The maximum absolute atomic E-state index is 15.1. The molecule has 37 heavy (non-hydrogen) atoms. The van der Waals surface area contributed by atoms with E-state index >= 15 is 4.39 Å². The lowest BCUT2D eigenvalue weighted by molar-refractivity contribution is 0.0340. The molecule has 2 bridgehead atoms. The number of aromatic nitrogens is 3. The van der Waals surface area contributed by atoms with Gasteiger partial charge in [-0.15, -0.1) is 0 Å². The smallest absolute Gasteiger partial charge is 0.253 e. The molecule has 0 N–H and O–H groups in total. The number of halogens is 1. The van der Waals surface area contributed by atoms with Gasteiger partial charge in [0.15, 0.2) is 5.65 Å². The highest BCUT2D eigenvalue weighted by Crippen LogP contribution is 2.50. The van der Waals surface area contributed by atoms with Crippen LogP contribution in [0.2, 0.25) is 0 Å². The molecule has 7 heteroatoms. The molecule has 1 aromatic carbocycles. The average molecular weight is 518 g/mol. The van der Waals surface area contributed by atoms with Gasteiger partial charge in [-0.05, 0) is 105 Å². The second kappa shape index (κ2) is 9.05. The zero-order valence-corrected chi connectivity index (χ0v) is 22.3. The van der Waals surface area contributed by atoms with Crippen molar-refractivity contribution in [2.24, 2.45) is 23.7 Å². The molecule has 0 aliphatic heterocycles. The molecule has 3 aliphatic rings. The first-order valence-electron chi connectivity index (χ1n) is 13.2. The number of hydrogen-bond acceptors (Lipinski definition) is 4. The summed E-state index contributed by atoms with van der Waals surface area (Å²) in [5, 5.41) is 0.686. The van der Waals surface area contributed by atoms with Crippen LogP contribution in [0.1, 0.15) is 49.3 Å². The van der Waals surface area contributed by atoms with Crippen molar-refractivity contribution in [1.29, 1.82) is 0 Å². The van der Waals surface area contributed by atoms with Gasteiger partial charge in [-0.2, -0.15) is 0 Å². The minimum Gasteiger partial charge on any atom is -0.253 e. The third-order valence-corrected chi connectivity index (χ3v) is 10.5. The van der Waals surface area contributed by atoms with Gasteiger partial charge in [-0.25, -0.2) is 21.8 Å². The molecule has 3 aliphatic carbocycles. The predicted molar refractivity (Wildman–Crippen MR) is 143 cm³/mol. The monoisotopic (exact) mass is 517 g/mol. The Balaban J connectivity index is 1.44. The number of fused-ring (bicyclic) bond motifs is 4. The van der Waals surface area contributed by atoms with Gasteiger partial charge in [0.1, 0.15) is 5.82 Å². The molecular weight excluding hydrogens is 485 g/mol. The number of pyridine rings is 2. The summed E-state index contributed by atoms with van der Waals surface area (Å²) < 4.78 is 43.5. The molecule has 3 heterocycles. The first-order chi connectivity index (χ1) is 17.7. The number of aryl methyl sites for hydroxylation is 2. The summed E-state index contributed by atoms with van der Waals surface area (Å²) in [5.41, 5.74) is 4.11. The topological polar surface area (TPSA) is 64.8 Å². The minimum absolute atomic E-state index is 0.193. The van der Waals surface area contributed by atoms with Crippen LogP contribution in [0, 0.1) is 43.3 Å². The number of nitrogens with zero attached hydrogens (tertiary/aromatic N) is 3. The fourth-order valence-electron chi connectivity index (χ4n) is 6.66. The van der Waals surface area contributed by atoms with Gasteiger partial charge >= 0.3 is 0 Å². The van der Waals surface area contributed by atoms with Crippen molar-refractivity contribution >= 4 is 21.1 Å². The molecule has 7 rings (SSSR count). The van der Waals surface area contributed by atoms with Crippen molar-refractivity contribution in [2.75, 3.05) is 0 Å². The fourth-order valence-corrected chi connectivity index (χ4v) is 7.99. The van der Waals surface area contributed by atoms with Crippen molar-refractivity contribution in [1.82, 2.24) is 13.9 Å². The quantitative estimate of drug-likeness (QED) is 0.295. The zero-order valence-electron chi connectivity index (χ0n) is 21.5. The Bertz CT molecular complexity index is 1580. The standard InChI is InChI=1S/C30H32FN3O2S/c1-18-4-10-24(11-5-18)37(35,36)34-17-27(26-12-19(2)15-33-30(26)34)29-14-23(28(31)16-32-29)13-25-20(3)21-6-8-22(25)9-7-21/h4-5,10-12,14-17,20-22,25H,6-9,13H2,1-3H3/t20-,21?,22?,25+/m0/s1. The molecular formula is C30H32FN3O2S.